The number of amides is 3. The third kappa shape index (κ3) is 4.61. The zero-order valence-corrected chi connectivity index (χ0v) is 22.8. The number of fused-ring (bicyclic) bond motifs is 3. The van der Waals surface area contributed by atoms with Gasteiger partial charge in [0, 0.05) is 25.2 Å². The van der Waals surface area contributed by atoms with Crippen molar-refractivity contribution in [3.05, 3.63) is 66.8 Å². The summed E-state index contributed by atoms with van der Waals surface area (Å²) >= 11 is 0. The second kappa shape index (κ2) is 10.8. The van der Waals surface area contributed by atoms with Gasteiger partial charge in [0.05, 0.1) is 25.2 Å². The van der Waals surface area contributed by atoms with Crippen LogP contribution in [0, 0.1) is 11.8 Å². The van der Waals surface area contributed by atoms with Gasteiger partial charge in [-0.1, -0.05) is 54.6 Å². The van der Waals surface area contributed by atoms with Crippen molar-refractivity contribution >= 4 is 40.2 Å². The number of rotatable bonds is 3. The summed E-state index contributed by atoms with van der Waals surface area (Å²) < 4.78 is 12.3. The number of cyclic esters (lactones) is 1. The van der Waals surface area contributed by atoms with Gasteiger partial charge in [0.1, 0.15) is 23.7 Å². The Morgan fingerprint density at radius 3 is 2.66 bits per heavy atom. The molecule has 4 heterocycles. The summed E-state index contributed by atoms with van der Waals surface area (Å²) in [6.45, 7) is 1.63. The Bertz CT molecular complexity index is 1450. The first-order valence-corrected chi connectivity index (χ1v) is 14.0. The Labute approximate surface area is 237 Å². The Balaban J connectivity index is 1.41. The Morgan fingerprint density at radius 2 is 1.85 bits per heavy atom. The lowest BCUT2D eigenvalue weighted by Crippen LogP contribution is -2.55. The Kier molecular flexibility index (Phi) is 7.13. The molecule has 4 aliphatic heterocycles. The maximum Gasteiger partial charge on any atom is 0.313 e. The highest BCUT2D eigenvalue weighted by molar-refractivity contribution is 6.06. The number of hydrogen-bond acceptors (Lipinski definition) is 7. The molecule has 0 saturated carbocycles. The topological polar surface area (TPSA) is 125 Å². The van der Waals surface area contributed by atoms with Gasteiger partial charge in [-0.15, -0.1) is 0 Å². The SMILES string of the molecule is C[C@@H]1CNC(=O)CC/C=C\[C@H]2O[C@]34C=CCN(c5ccc6ccccc6c5)C(=O)[C@H]3N(CCO)C(=O)[C@@H]4[C@H]2C(=O)O1. The fourth-order valence-corrected chi connectivity index (χ4v) is 6.59. The molecule has 10 heteroatoms. The predicted octanol–water partition coefficient (Wildman–Crippen LogP) is 1.71. The summed E-state index contributed by atoms with van der Waals surface area (Å²) in [6, 6.07) is 12.5. The van der Waals surface area contributed by atoms with E-state index in [9.17, 15) is 24.3 Å². The van der Waals surface area contributed by atoms with Crippen LogP contribution in [0.2, 0.25) is 0 Å². The fraction of sp³-hybridized carbons (Fsp3) is 0.419. The van der Waals surface area contributed by atoms with Gasteiger partial charge in [-0.3, -0.25) is 19.2 Å². The van der Waals surface area contributed by atoms with Crippen molar-refractivity contribution in [2.75, 3.05) is 31.1 Å². The minimum atomic E-state index is -1.44. The number of esters is 1. The maximum atomic E-state index is 14.4. The molecule has 4 aliphatic rings. The molecular weight excluding hydrogens is 526 g/mol. The largest absolute Gasteiger partial charge is 0.460 e. The first-order valence-electron chi connectivity index (χ1n) is 14.0. The van der Waals surface area contributed by atoms with Gasteiger partial charge >= 0.3 is 5.97 Å². The molecule has 2 aromatic carbocycles. The first-order chi connectivity index (χ1) is 19.8. The van der Waals surface area contributed by atoms with Crippen LogP contribution < -0.4 is 10.2 Å². The summed E-state index contributed by atoms with van der Waals surface area (Å²) in [5.74, 6) is -3.60. The van der Waals surface area contributed by atoms with E-state index in [1.165, 1.54) is 4.90 Å². The van der Waals surface area contributed by atoms with Crippen LogP contribution in [0.1, 0.15) is 19.8 Å². The molecule has 2 saturated heterocycles. The number of hydrogen-bond donors (Lipinski definition) is 2. The van der Waals surface area contributed by atoms with Crippen molar-refractivity contribution in [3.8, 4) is 0 Å². The highest BCUT2D eigenvalue weighted by atomic mass is 16.6. The summed E-state index contributed by atoms with van der Waals surface area (Å²) in [5, 5.41) is 14.6. The minimum absolute atomic E-state index is 0.0824. The van der Waals surface area contributed by atoms with Crippen molar-refractivity contribution in [2.24, 2.45) is 11.8 Å². The smallest absolute Gasteiger partial charge is 0.313 e. The monoisotopic (exact) mass is 559 g/mol. The first kappa shape index (κ1) is 27.2. The molecule has 2 N–H and O–H groups in total. The number of likely N-dealkylation sites (tertiary alicyclic amines) is 1. The van der Waals surface area contributed by atoms with Gasteiger partial charge in [-0.2, -0.15) is 0 Å². The molecule has 2 aromatic rings. The molecule has 0 bridgehead atoms. The lowest BCUT2D eigenvalue weighted by molar-refractivity contribution is -0.158. The zero-order valence-electron chi connectivity index (χ0n) is 22.8. The molecule has 0 radical (unpaired) electrons. The van der Waals surface area contributed by atoms with Gasteiger partial charge < -0.3 is 29.7 Å². The molecule has 0 unspecified atom stereocenters. The number of aliphatic hydroxyl groups excluding tert-OH is 1. The third-order valence-corrected chi connectivity index (χ3v) is 8.42. The molecule has 214 valence electrons. The van der Waals surface area contributed by atoms with E-state index < -0.39 is 47.6 Å². The minimum Gasteiger partial charge on any atom is -0.460 e. The number of β-amino-alcohol motifs (C(OH)–C–C–N with tert-alkyl or cyclic N) is 1. The van der Waals surface area contributed by atoms with E-state index in [1.54, 1.807) is 30.1 Å². The van der Waals surface area contributed by atoms with Crippen LogP contribution in [0.5, 0.6) is 0 Å². The molecule has 1 spiro atoms. The van der Waals surface area contributed by atoms with Gasteiger partial charge in [-0.25, -0.2) is 0 Å². The standard InChI is InChI=1S/C31H33N3O7/c1-19-18-32-24(36)10-5-4-9-23-25(30(39)40-19)26-28(37)34(15-16-35)27-29(38)33(14-6-13-31(26,27)41-23)22-12-11-20-7-2-3-8-21(20)17-22/h2-4,6-9,11-13,17,19,23,25-27,35H,5,10,14-16,18H2,1H3,(H,32,36)/b9-4-/t19-,23-,25+,26+,27-,31+/m1/s1. The van der Waals surface area contributed by atoms with E-state index in [2.05, 4.69) is 5.32 Å². The van der Waals surface area contributed by atoms with E-state index in [0.717, 1.165) is 10.8 Å². The van der Waals surface area contributed by atoms with E-state index in [-0.39, 0.29) is 44.5 Å². The summed E-state index contributed by atoms with van der Waals surface area (Å²) in [6.07, 6.45) is 6.25. The average Bonchev–Trinajstić information content (AvgIpc) is 3.34. The van der Waals surface area contributed by atoms with Crippen LogP contribution in [0.4, 0.5) is 5.69 Å². The zero-order chi connectivity index (χ0) is 28.7. The number of aliphatic hydroxyl groups is 1. The maximum absolute atomic E-state index is 14.4. The van der Waals surface area contributed by atoms with Crippen LogP contribution in [-0.4, -0.2) is 83.8 Å². The Hall–Kier alpha value is -4.02. The van der Waals surface area contributed by atoms with E-state index in [0.29, 0.717) is 12.1 Å². The number of nitrogens with one attached hydrogen (secondary N) is 1. The van der Waals surface area contributed by atoms with Crippen molar-refractivity contribution < 1.29 is 33.8 Å². The molecular formula is C31H33N3O7. The third-order valence-electron chi connectivity index (χ3n) is 8.42. The number of anilines is 1. The van der Waals surface area contributed by atoms with Crippen LogP contribution in [0.15, 0.2) is 66.8 Å². The summed E-state index contributed by atoms with van der Waals surface area (Å²) in [4.78, 5) is 57.1. The van der Waals surface area contributed by atoms with Crippen molar-refractivity contribution in [3.63, 3.8) is 0 Å². The van der Waals surface area contributed by atoms with Gasteiger partial charge in [0.25, 0.3) is 5.91 Å². The summed E-state index contributed by atoms with van der Waals surface area (Å²) in [5.41, 5.74) is -0.768. The lowest BCUT2D eigenvalue weighted by Gasteiger charge is -2.35. The van der Waals surface area contributed by atoms with E-state index >= 15 is 0 Å². The van der Waals surface area contributed by atoms with Crippen molar-refractivity contribution in [2.45, 2.75) is 43.6 Å². The number of ether oxygens (including phenoxy) is 2. The quantitative estimate of drug-likeness (QED) is 0.433. The molecule has 6 rings (SSSR count). The molecule has 10 nitrogen and oxygen atoms in total. The fourth-order valence-electron chi connectivity index (χ4n) is 6.59. The molecule has 2 fully saturated rings. The number of benzene rings is 2. The van der Waals surface area contributed by atoms with E-state index in [1.807, 2.05) is 48.5 Å². The van der Waals surface area contributed by atoms with Crippen LogP contribution in [-0.2, 0) is 28.7 Å². The highest BCUT2D eigenvalue weighted by Crippen LogP contribution is 2.53. The predicted molar refractivity (Wildman–Crippen MR) is 150 cm³/mol. The van der Waals surface area contributed by atoms with E-state index in [4.69, 9.17) is 9.47 Å². The number of carbonyl (C=O) groups excluding carboxylic acids is 4. The molecule has 0 aliphatic carbocycles. The highest BCUT2D eigenvalue weighted by Gasteiger charge is 2.71. The summed E-state index contributed by atoms with van der Waals surface area (Å²) in [7, 11) is 0. The second-order valence-corrected chi connectivity index (χ2v) is 11.0. The van der Waals surface area contributed by atoms with Gasteiger partial charge in [0.2, 0.25) is 11.8 Å². The molecule has 41 heavy (non-hydrogen) atoms. The second-order valence-electron chi connectivity index (χ2n) is 11.0. The normalized spacial score (nSPS) is 32.8. The number of nitrogens with zero attached hydrogens (tertiary/aromatic N) is 2. The van der Waals surface area contributed by atoms with Crippen molar-refractivity contribution in [1.29, 1.82) is 0 Å². The van der Waals surface area contributed by atoms with Crippen LogP contribution in [0.3, 0.4) is 0 Å². The number of carbonyl (C=O) groups is 4. The molecule has 3 amide bonds. The average molecular weight is 560 g/mol. The Morgan fingerprint density at radius 1 is 1.05 bits per heavy atom. The lowest BCUT2D eigenvalue weighted by atomic mass is 9.78. The number of allylic oxidation sites excluding steroid dienone is 1. The molecule has 0 aromatic heterocycles. The van der Waals surface area contributed by atoms with Gasteiger partial charge in [0.15, 0.2) is 0 Å². The van der Waals surface area contributed by atoms with Gasteiger partial charge in [-0.05, 0) is 36.2 Å². The molecule has 6 atom stereocenters. The van der Waals surface area contributed by atoms with Crippen molar-refractivity contribution in [1.82, 2.24) is 10.2 Å². The van der Waals surface area contributed by atoms with Crippen LogP contribution in [0.25, 0.3) is 10.8 Å². The van der Waals surface area contributed by atoms with Crippen LogP contribution >= 0.6 is 0 Å².